The zero-order chi connectivity index (χ0) is 17.7. The molecule has 7 heteroatoms. The van der Waals surface area contributed by atoms with Crippen molar-refractivity contribution in [1.29, 1.82) is 0 Å². The Bertz CT molecular complexity index is 851. The predicted octanol–water partition coefficient (Wildman–Crippen LogP) is 2.98. The third kappa shape index (κ3) is 5.42. The van der Waals surface area contributed by atoms with Crippen LogP contribution < -0.4 is 5.32 Å². The number of carbonyl (C=O) groups is 1. The van der Waals surface area contributed by atoms with Crippen LogP contribution in [-0.4, -0.2) is 37.9 Å². The van der Waals surface area contributed by atoms with Gasteiger partial charge in [0.15, 0.2) is 0 Å². The highest BCUT2D eigenvalue weighted by molar-refractivity contribution is 9.10. The highest BCUT2D eigenvalue weighted by Crippen LogP contribution is 2.22. The van der Waals surface area contributed by atoms with Gasteiger partial charge in [-0.15, -0.1) is 0 Å². The SMILES string of the molecule is Cc1nc(-c2cccc(Br)c2)ccc1C(=O)NCCCS(C)(=O)=O. The fraction of sp³-hybridized carbons (Fsp3) is 0.294. The van der Waals surface area contributed by atoms with Crippen LogP contribution in [0.15, 0.2) is 40.9 Å². The molecular formula is C17H19BrN2O3S. The lowest BCUT2D eigenvalue weighted by atomic mass is 10.1. The standard InChI is InChI=1S/C17H19BrN2O3S/c1-12-15(17(21)19-9-4-10-24(2,22)23)7-8-16(20-12)13-5-3-6-14(18)11-13/h3,5-8,11H,4,9-10H2,1-2H3,(H,19,21). The van der Waals surface area contributed by atoms with Gasteiger partial charge in [-0.25, -0.2) is 8.42 Å². The Balaban J connectivity index is 2.05. The topological polar surface area (TPSA) is 76.1 Å². The fourth-order valence-corrected chi connectivity index (χ4v) is 3.31. The maximum absolute atomic E-state index is 12.2. The van der Waals surface area contributed by atoms with E-state index in [4.69, 9.17) is 0 Å². The quantitative estimate of drug-likeness (QED) is 0.742. The van der Waals surface area contributed by atoms with E-state index in [0.29, 0.717) is 24.2 Å². The van der Waals surface area contributed by atoms with Gasteiger partial charge in [0.1, 0.15) is 9.84 Å². The van der Waals surface area contributed by atoms with Gasteiger partial charge in [-0.3, -0.25) is 9.78 Å². The summed E-state index contributed by atoms with van der Waals surface area (Å²) in [6.07, 6.45) is 1.58. The molecule has 1 amide bonds. The molecule has 2 aromatic rings. The number of carbonyl (C=O) groups excluding carboxylic acids is 1. The van der Waals surface area contributed by atoms with E-state index in [1.165, 1.54) is 6.26 Å². The third-order valence-electron chi connectivity index (χ3n) is 3.43. The first-order chi connectivity index (χ1) is 11.3. The molecule has 0 bridgehead atoms. The molecule has 0 aliphatic heterocycles. The van der Waals surface area contributed by atoms with Crippen molar-refractivity contribution in [3.05, 3.63) is 52.1 Å². The lowest BCUT2D eigenvalue weighted by Gasteiger charge is -2.09. The zero-order valence-electron chi connectivity index (χ0n) is 13.5. The fourth-order valence-electron chi connectivity index (χ4n) is 2.24. The highest BCUT2D eigenvalue weighted by Gasteiger charge is 2.11. The van der Waals surface area contributed by atoms with Gasteiger partial charge in [0.2, 0.25) is 0 Å². The van der Waals surface area contributed by atoms with Crippen molar-refractivity contribution in [2.24, 2.45) is 0 Å². The molecule has 1 N–H and O–H groups in total. The maximum atomic E-state index is 12.2. The summed E-state index contributed by atoms with van der Waals surface area (Å²) in [6, 6.07) is 11.3. The number of pyridine rings is 1. The summed E-state index contributed by atoms with van der Waals surface area (Å²) in [6.45, 7) is 2.10. The molecule has 0 aliphatic carbocycles. The molecule has 5 nitrogen and oxygen atoms in total. The molecule has 2 rings (SSSR count). The van der Waals surface area contributed by atoms with E-state index in [-0.39, 0.29) is 11.7 Å². The molecule has 1 aromatic carbocycles. The summed E-state index contributed by atoms with van der Waals surface area (Å²) in [5.74, 6) is -0.180. The average molecular weight is 411 g/mol. The number of nitrogens with zero attached hydrogens (tertiary/aromatic N) is 1. The zero-order valence-corrected chi connectivity index (χ0v) is 15.9. The number of aryl methyl sites for hydroxylation is 1. The van der Waals surface area contributed by atoms with Crippen LogP contribution in [0.5, 0.6) is 0 Å². The van der Waals surface area contributed by atoms with Crippen LogP contribution in [0.25, 0.3) is 11.3 Å². The lowest BCUT2D eigenvalue weighted by molar-refractivity contribution is 0.0952. The number of aromatic nitrogens is 1. The minimum absolute atomic E-state index is 0.0618. The number of hydrogen-bond acceptors (Lipinski definition) is 4. The third-order valence-corrected chi connectivity index (χ3v) is 4.95. The van der Waals surface area contributed by atoms with E-state index in [9.17, 15) is 13.2 Å². The van der Waals surface area contributed by atoms with Crippen molar-refractivity contribution in [2.75, 3.05) is 18.6 Å². The summed E-state index contributed by atoms with van der Waals surface area (Å²) in [5, 5.41) is 2.73. The molecule has 0 radical (unpaired) electrons. The van der Waals surface area contributed by atoms with Crippen LogP contribution in [0.3, 0.4) is 0 Å². The number of benzene rings is 1. The first kappa shape index (κ1) is 18.6. The Kier molecular flexibility index (Phi) is 6.12. The van der Waals surface area contributed by atoms with Crippen LogP contribution in [0, 0.1) is 6.92 Å². The Morgan fingerprint density at radius 1 is 1.25 bits per heavy atom. The minimum atomic E-state index is -3.00. The molecule has 0 aliphatic rings. The summed E-state index contributed by atoms with van der Waals surface area (Å²) in [7, 11) is -3.00. The number of hydrogen-bond donors (Lipinski definition) is 1. The Morgan fingerprint density at radius 3 is 2.62 bits per heavy atom. The first-order valence-corrected chi connectivity index (χ1v) is 10.3. The number of rotatable bonds is 6. The molecule has 0 atom stereocenters. The van der Waals surface area contributed by atoms with Crippen LogP contribution in [0.4, 0.5) is 0 Å². The smallest absolute Gasteiger partial charge is 0.253 e. The second-order valence-electron chi connectivity index (χ2n) is 5.58. The van der Waals surface area contributed by atoms with Gasteiger partial charge in [-0.05, 0) is 37.6 Å². The van der Waals surface area contributed by atoms with Crippen molar-refractivity contribution < 1.29 is 13.2 Å². The average Bonchev–Trinajstić information content (AvgIpc) is 2.50. The van der Waals surface area contributed by atoms with Gasteiger partial charge >= 0.3 is 0 Å². The summed E-state index contributed by atoms with van der Waals surface area (Å²) >= 11 is 3.43. The van der Waals surface area contributed by atoms with E-state index >= 15 is 0 Å². The van der Waals surface area contributed by atoms with Crippen molar-refractivity contribution in [3.8, 4) is 11.3 Å². The molecule has 0 fully saturated rings. The van der Waals surface area contributed by atoms with Gasteiger partial charge in [0.25, 0.3) is 5.91 Å². The van der Waals surface area contributed by atoms with E-state index < -0.39 is 9.84 Å². The van der Waals surface area contributed by atoms with Crippen molar-refractivity contribution in [1.82, 2.24) is 10.3 Å². The van der Waals surface area contributed by atoms with Crippen molar-refractivity contribution >= 4 is 31.7 Å². The van der Waals surface area contributed by atoms with E-state index in [2.05, 4.69) is 26.2 Å². The van der Waals surface area contributed by atoms with Gasteiger partial charge in [0, 0.05) is 22.8 Å². The van der Waals surface area contributed by atoms with Gasteiger partial charge in [0.05, 0.1) is 22.7 Å². The lowest BCUT2D eigenvalue weighted by Crippen LogP contribution is -2.26. The number of sulfone groups is 1. The normalized spacial score (nSPS) is 11.3. The molecule has 0 saturated heterocycles. The maximum Gasteiger partial charge on any atom is 0.253 e. The van der Waals surface area contributed by atoms with Crippen LogP contribution in [0.2, 0.25) is 0 Å². The van der Waals surface area contributed by atoms with Crippen molar-refractivity contribution in [3.63, 3.8) is 0 Å². The Morgan fingerprint density at radius 2 is 2.00 bits per heavy atom. The summed E-state index contributed by atoms with van der Waals surface area (Å²) < 4.78 is 23.1. The molecule has 0 saturated carbocycles. The van der Waals surface area contributed by atoms with Crippen LogP contribution in [-0.2, 0) is 9.84 Å². The van der Waals surface area contributed by atoms with Crippen molar-refractivity contribution in [2.45, 2.75) is 13.3 Å². The highest BCUT2D eigenvalue weighted by atomic mass is 79.9. The monoisotopic (exact) mass is 410 g/mol. The number of nitrogens with one attached hydrogen (secondary N) is 1. The summed E-state index contributed by atoms with van der Waals surface area (Å²) in [4.78, 5) is 16.7. The Hall–Kier alpha value is -1.73. The molecule has 0 spiro atoms. The summed E-state index contributed by atoms with van der Waals surface area (Å²) in [5.41, 5.74) is 2.89. The minimum Gasteiger partial charge on any atom is -0.352 e. The second kappa shape index (κ2) is 7.90. The van der Waals surface area contributed by atoms with Crippen LogP contribution in [0.1, 0.15) is 22.5 Å². The van der Waals surface area contributed by atoms with Gasteiger partial charge < -0.3 is 5.32 Å². The van der Waals surface area contributed by atoms with Gasteiger partial charge in [-0.2, -0.15) is 0 Å². The Labute approximate surface area is 150 Å². The molecule has 24 heavy (non-hydrogen) atoms. The van der Waals surface area contributed by atoms with E-state index in [1.807, 2.05) is 24.3 Å². The number of amides is 1. The van der Waals surface area contributed by atoms with E-state index in [1.54, 1.807) is 19.1 Å². The molecule has 128 valence electrons. The molecule has 1 aromatic heterocycles. The molecule has 0 unspecified atom stereocenters. The van der Waals surface area contributed by atoms with Crippen LogP contribution >= 0.6 is 15.9 Å². The largest absolute Gasteiger partial charge is 0.352 e. The number of halogens is 1. The molecular weight excluding hydrogens is 392 g/mol. The first-order valence-electron chi connectivity index (χ1n) is 7.46. The molecule has 1 heterocycles. The van der Waals surface area contributed by atoms with E-state index in [0.717, 1.165) is 15.7 Å². The second-order valence-corrected chi connectivity index (χ2v) is 8.75. The van der Waals surface area contributed by atoms with Gasteiger partial charge in [-0.1, -0.05) is 28.1 Å². The predicted molar refractivity (Wildman–Crippen MR) is 98.8 cm³/mol.